The third kappa shape index (κ3) is 7.18. The Bertz CT molecular complexity index is 1380. The van der Waals surface area contributed by atoms with Gasteiger partial charge in [-0.15, -0.1) is 16.8 Å². The summed E-state index contributed by atoms with van der Waals surface area (Å²) in [4.78, 5) is 15.4. The second kappa shape index (κ2) is 12.5. The van der Waals surface area contributed by atoms with E-state index in [1.165, 1.54) is 11.8 Å². The molecule has 0 aliphatic rings. The first kappa shape index (κ1) is 26.4. The third-order valence-electron chi connectivity index (χ3n) is 5.64. The Morgan fingerprint density at radius 3 is 1.95 bits per heavy atom. The van der Waals surface area contributed by atoms with Crippen molar-refractivity contribution in [2.75, 3.05) is 5.75 Å². The van der Waals surface area contributed by atoms with Gasteiger partial charge in [-0.25, -0.2) is 8.42 Å². The van der Waals surface area contributed by atoms with Gasteiger partial charge in [-0.1, -0.05) is 96.7 Å². The average molecular weight is 533 g/mol. The van der Waals surface area contributed by atoms with Gasteiger partial charge in [0, 0.05) is 19.6 Å². The number of amides is 1. The topological polar surface area (TPSA) is 85.2 Å². The van der Waals surface area contributed by atoms with E-state index in [4.69, 9.17) is 0 Å². The number of sulfone groups is 1. The van der Waals surface area contributed by atoms with Crippen molar-refractivity contribution in [3.05, 3.63) is 121 Å². The van der Waals surface area contributed by atoms with Crippen LogP contribution in [0.5, 0.6) is 0 Å². The summed E-state index contributed by atoms with van der Waals surface area (Å²) in [5, 5.41) is 8.83. The SMILES string of the molecule is C=CCn1c(CS(=O)(=O)c2ccccc2)nnc1SCC(=O)N(Cc1ccccc1)Cc1ccccc1. The van der Waals surface area contributed by atoms with Crippen molar-refractivity contribution in [3.8, 4) is 0 Å². The number of allylic oxidation sites excluding steroid dienone is 1. The van der Waals surface area contributed by atoms with E-state index in [2.05, 4.69) is 16.8 Å². The number of hydrogen-bond donors (Lipinski definition) is 0. The molecule has 0 saturated carbocycles. The van der Waals surface area contributed by atoms with Gasteiger partial charge in [0.25, 0.3) is 0 Å². The fourth-order valence-corrected chi connectivity index (χ4v) is 5.94. The van der Waals surface area contributed by atoms with Gasteiger partial charge in [0.05, 0.1) is 10.6 Å². The average Bonchev–Trinajstić information content (AvgIpc) is 3.29. The molecule has 0 aliphatic carbocycles. The molecule has 4 rings (SSSR count). The first-order valence-corrected chi connectivity index (χ1v) is 14.4. The van der Waals surface area contributed by atoms with E-state index in [1.807, 2.05) is 65.6 Å². The molecule has 190 valence electrons. The van der Waals surface area contributed by atoms with E-state index in [0.29, 0.717) is 30.6 Å². The Morgan fingerprint density at radius 2 is 1.41 bits per heavy atom. The van der Waals surface area contributed by atoms with E-state index in [1.54, 1.807) is 41.0 Å². The van der Waals surface area contributed by atoms with Gasteiger partial charge >= 0.3 is 0 Å². The van der Waals surface area contributed by atoms with Crippen LogP contribution in [0.4, 0.5) is 0 Å². The van der Waals surface area contributed by atoms with Crippen LogP contribution in [-0.2, 0) is 40.0 Å². The van der Waals surface area contributed by atoms with Crippen molar-refractivity contribution in [2.24, 2.45) is 0 Å². The molecule has 4 aromatic rings. The molecule has 0 unspecified atom stereocenters. The standard InChI is InChI=1S/C28H28N4O3S2/c1-2-18-32-26(22-37(34,35)25-16-10-5-11-17-25)29-30-28(32)36-21-27(33)31(19-23-12-6-3-7-13-23)20-24-14-8-4-9-15-24/h2-17H,1,18-22H2. The summed E-state index contributed by atoms with van der Waals surface area (Å²) < 4.78 is 27.5. The van der Waals surface area contributed by atoms with Crippen LogP contribution in [0.25, 0.3) is 0 Å². The van der Waals surface area contributed by atoms with Crippen molar-refractivity contribution < 1.29 is 13.2 Å². The van der Waals surface area contributed by atoms with Crippen molar-refractivity contribution >= 4 is 27.5 Å². The van der Waals surface area contributed by atoms with Gasteiger partial charge in [-0.2, -0.15) is 0 Å². The highest BCUT2D eigenvalue weighted by Gasteiger charge is 2.22. The van der Waals surface area contributed by atoms with Gasteiger partial charge < -0.3 is 9.47 Å². The molecule has 0 N–H and O–H groups in total. The minimum Gasteiger partial charge on any atom is -0.333 e. The van der Waals surface area contributed by atoms with Crippen LogP contribution >= 0.6 is 11.8 Å². The van der Waals surface area contributed by atoms with Crippen molar-refractivity contribution in [3.63, 3.8) is 0 Å². The minimum absolute atomic E-state index is 0.0516. The number of hydrogen-bond acceptors (Lipinski definition) is 6. The molecule has 0 bridgehead atoms. The van der Waals surface area contributed by atoms with Gasteiger partial charge in [0.1, 0.15) is 11.6 Å². The number of thioether (sulfide) groups is 1. The molecule has 37 heavy (non-hydrogen) atoms. The summed E-state index contributed by atoms with van der Waals surface area (Å²) in [7, 11) is -3.60. The molecule has 9 heteroatoms. The zero-order valence-corrected chi connectivity index (χ0v) is 21.9. The van der Waals surface area contributed by atoms with Gasteiger partial charge in [-0.3, -0.25) is 4.79 Å². The highest BCUT2D eigenvalue weighted by Crippen LogP contribution is 2.22. The molecule has 7 nitrogen and oxygen atoms in total. The van der Waals surface area contributed by atoms with Crippen LogP contribution in [0, 0.1) is 0 Å². The summed E-state index contributed by atoms with van der Waals surface area (Å²) in [5.41, 5.74) is 2.08. The largest absolute Gasteiger partial charge is 0.333 e. The molecule has 0 spiro atoms. The van der Waals surface area contributed by atoms with Crippen LogP contribution in [0.15, 0.2) is 114 Å². The number of rotatable bonds is 12. The maximum atomic E-state index is 13.3. The molecule has 0 fully saturated rings. The predicted molar refractivity (Wildman–Crippen MR) is 145 cm³/mol. The summed E-state index contributed by atoms with van der Waals surface area (Å²) in [6, 6.07) is 28.0. The molecular formula is C28H28N4O3S2. The first-order valence-electron chi connectivity index (χ1n) is 11.8. The Kier molecular flexibility index (Phi) is 8.92. The molecule has 1 amide bonds. The zero-order chi connectivity index (χ0) is 26.1. The molecular weight excluding hydrogens is 504 g/mol. The van der Waals surface area contributed by atoms with E-state index in [-0.39, 0.29) is 22.3 Å². The quantitative estimate of drug-likeness (QED) is 0.193. The lowest BCUT2D eigenvalue weighted by atomic mass is 10.1. The van der Waals surface area contributed by atoms with Gasteiger partial charge in [0.15, 0.2) is 15.0 Å². The Balaban J connectivity index is 1.50. The second-order valence-corrected chi connectivity index (χ2v) is 11.3. The van der Waals surface area contributed by atoms with Crippen molar-refractivity contribution in [2.45, 2.75) is 35.4 Å². The highest BCUT2D eigenvalue weighted by atomic mass is 32.2. The molecule has 0 aliphatic heterocycles. The molecule has 0 atom stereocenters. The monoisotopic (exact) mass is 532 g/mol. The fourth-order valence-electron chi connectivity index (χ4n) is 3.78. The Labute approximate surface area is 221 Å². The highest BCUT2D eigenvalue weighted by molar-refractivity contribution is 7.99. The maximum Gasteiger partial charge on any atom is 0.233 e. The number of benzene rings is 3. The number of nitrogens with zero attached hydrogens (tertiary/aromatic N) is 4. The molecule has 0 radical (unpaired) electrons. The van der Waals surface area contributed by atoms with Crippen molar-refractivity contribution in [1.82, 2.24) is 19.7 Å². The number of aromatic nitrogens is 3. The predicted octanol–water partition coefficient (Wildman–Crippen LogP) is 4.76. The molecule has 0 saturated heterocycles. The normalized spacial score (nSPS) is 11.2. The summed E-state index contributed by atoms with van der Waals surface area (Å²) in [5.74, 6) is 0.106. The molecule has 1 heterocycles. The molecule has 1 aromatic heterocycles. The fraction of sp³-hybridized carbons (Fsp3) is 0.179. The van der Waals surface area contributed by atoms with Crippen LogP contribution in [0.3, 0.4) is 0 Å². The molecule has 3 aromatic carbocycles. The van der Waals surface area contributed by atoms with Crippen LogP contribution in [0.2, 0.25) is 0 Å². The van der Waals surface area contributed by atoms with Crippen LogP contribution < -0.4 is 0 Å². The van der Waals surface area contributed by atoms with E-state index in [0.717, 1.165) is 11.1 Å². The number of carbonyl (C=O) groups excluding carboxylic acids is 1. The minimum atomic E-state index is -3.60. The second-order valence-electron chi connectivity index (χ2n) is 8.38. The third-order valence-corrected chi connectivity index (χ3v) is 8.22. The first-order chi connectivity index (χ1) is 18.0. The van der Waals surface area contributed by atoms with E-state index < -0.39 is 9.84 Å². The number of carbonyl (C=O) groups is 1. The lowest BCUT2D eigenvalue weighted by molar-refractivity contribution is -0.129. The lowest BCUT2D eigenvalue weighted by Gasteiger charge is -2.23. The van der Waals surface area contributed by atoms with Gasteiger partial charge in [-0.05, 0) is 23.3 Å². The van der Waals surface area contributed by atoms with Crippen molar-refractivity contribution in [1.29, 1.82) is 0 Å². The zero-order valence-electron chi connectivity index (χ0n) is 20.3. The summed E-state index contributed by atoms with van der Waals surface area (Å²) >= 11 is 1.24. The summed E-state index contributed by atoms with van der Waals surface area (Å²) in [6.45, 7) is 5.08. The Morgan fingerprint density at radius 1 is 0.865 bits per heavy atom. The Hall–Kier alpha value is -3.69. The lowest BCUT2D eigenvalue weighted by Crippen LogP contribution is -2.31. The maximum absolute atomic E-state index is 13.3. The smallest absolute Gasteiger partial charge is 0.233 e. The van der Waals surface area contributed by atoms with Gasteiger partial charge in [0.2, 0.25) is 5.91 Å². The summed E-state index contributed by atoms with van der Waals surface area (Å²) in [6.07, 6.45) is 1.66. The van der Waals surface area contributed by atoms with E-state index in [9.17, 15) is 13.2 Å². The van der Waals surface area contributed by atoms with E-state index >= 15 is 0 Å². The van der Waals surface area contributed by atoms with Crippen LogP contribution in [-0.4, -0.2) is 39.7 Å². The van der Waals surface area contributed by atoms with Crippen LogP contribution in [0.1, 0.15) is 17.0 Å².